The normalized spacial score (nSPS) is 11.5. The van der Waals surface area contributed by atoms with E-state index in [9.17, 15) is 4.79 Å². The molecule has 24 heavy (non-hydrogen) atoms. The molecule has 0 aliphatic heterocycles. The Hall–Kier alpha value is -1.94. The molecule has 0 atom stereocenters. The number of aryl methyl sites for hydroxylation is 1. The molecule has 9 heteroatoms. The van der Waals surface area contributed by atoms with Gasteiger partial charge in [0.15, 0.2) is 5.82 Å². The number of esters is 1. The van der Waals surface area contributed by atoms with Crippen molar-refractivity contribution in [2.45, 2.75) is 44.7 Å². The molecule has 8 nitrogen and oxygen atoms in total. The SMILES string of the molecule is Cc1nc(-c2cccc(SOOO)c2)nn1CC(=O)OC(C)(C)C. The molecule has 2 rings (SSSR count). The zero-order chi connectivity index (χ0) is 17.7. The molecule has 0 radical (unpaired) electrons. The first-order chi connectivity index (χ1) is 11.3. The molecule has 130 valence electrons. The molecular weight excluding hydrogens is 334 g/mol. The summed E-state index contributed by atoms with van der Waals surface area (Å²) in [7, 11) is 0. The van der Waals surface area contributed by atoms with Crippen LogP contribution in [0.3, 0.4) is 0 Å². The lowest BCUT2D eigenvalue weighted by Gasteiger charge is -2.19. The predicted octanol–water partition coefficient (Wildman–Crippen LogP) is 3.02. The number of ether oxygens (including phenoxy) is 1. The van der Waals surface area contributed by atoms with Crippen LogP contribution in [0.4, 0.5) is 0 Å². The van der Waals surface area contributed by atoms with Crippen molar-refractivity contribution in [1.29, 1.82) is 0 Å². The summed E-state index contributed by atoms with van der Waals surface area (Å²) in [6, 6.07) is 7.17. The molecule has 0 aliphatic rings. The summed E-state index contributed by atoms with van der Waals surface area (Å²) in [5.41, 5.74) is 0.196. The van der Waals surface area contributed by atoms with Crippen molar-refractivity contribution in [1.82, 2.24) is 14.8 Å². The molecule has 1 aromatic heterocycles. The molecule has 0 amide bonds. The number of carbonyl (C=O) groups is 1. The molecule has 1 aromatic carbocycles. The Bertz CT molecular complexity index is 711. The van der Waals surface area contributed by atoms with Gasteiger partial charge in [-0.1, -0.05) is 17.2 Å². The van der Waals surface area contributed by atoms with E-state index >= 15 is 0 Å². The monoisotopic (exact) mass is 353 g/mol. The second-order valence-corrected chi connectivity index (χ2v) is 6.75. The van der Waals surface area contributed by atoms with Gasteiger partial charge in [-0.3, -0.25) is 4.79 Å². The lowest BCUT2D eigenvalue weighted by atomic mass is 10.2. The highest BCUT2D eigenvalue weighted by Crippen LogP contribution is 2.24. The molecule has 0 unspecified atom stereocenters. The zero-order valence-electron chi connectivity index (χ0n) is 13.8. The smallest absolute Gasteiger partial charge is 0.328 e. The van der Waals surface area contributed by atoms with Gasteiger partial charge in [0.1, 0.15) is 18.0 Å². The minimum absolute atomic E-state index is 0.00793. The quantitative estimate of drug-likeness (QED) is 0.366. The summed E-state index contributed by atoms with van der Waals surface area (Å²) in [5.74, 6) is 0.701. The lowest BCUT2D eigenvalue weighted by molar-refractivity contribution is -0.432. The van der Waals surface area contributed by atoms with Crippen molar-refractivity contribution in [3.63, 3.8) is 0 Å². The Balaban J connectivity index is 2.15. The summed E-state index contributed by atoms with van der Waals surface area (Å²) in [5, 5.41) is 16.1. The van der Waals surface area contributed by atoms with Gasteiger partial charge in [0, 0.05) is 10.5 Å². The third-order valence-electron chi connectivity index (χ3n) is 2.81. The van der Waals surface area contributed by atoms with E-state index in [1.807, 2.05) is 26.8 Å². The number of nitrogens with zero attached hydrogens (tertiary/aromatic N) is 3. The standard InChI is InChI=1S/C15H19N3O5S/c1-10-16-14(11-6-5-7-12(8-11)24-23-22-20)17-18(10)9-13(19)21-15(2,3)4/h5-8,20H,9H2,1-4H3. The van der Waals surface area contributed by atoms with Crippen molar-refractivity contribution in [2.75, 3.05) is 0 Å². The molecule has 1 N–H and O–H groups in total. The minimum Gasteiger partial charge on any atom is -0.459 e. The largest absolute Gasteiger partial charge is 0.459 e. The third kappa shape index (κ3) is 5.31. The minimum atomic E-state index is -0.547. The lowest BCUT2D eigenvalue weighted by Crippen LogP contribution is -2.27. The van der Waals surface area contributed by atoms with Crippen molar-refractivity contribution < 1.29 is 24.2 Å². The second kappa shape index (κ2) is 7.75. The van der Waals surface area contributed by atoms with Gasteiger partial charge in [-0.15, -0.1) is 4.33 Å². The number of hydrogen-bond acceptors (Lipinski definition) is 8. The average Bonchev–Trinajstić information content (AvgIpc) is 2.84. The summed E-state index contributed by atoms with van der Waals surface area (Å²) < 4.78 is 11.2. The number of carbonyl (C=O) groups excluding carboxylic acids is 1. The molecule has 0 aliphatic carbocycles. The van der Waals surface area contributed by atoms with Gasteiger partial charge < -0.3 is 4.74 Å². The van der Waals surface area contributed by atoms with Crippen molar-refractivity contribution >= 4 is 18.0 Å². The van der Waals surface area contributed by atoms with Crippen LogP contribution in [0, 0.1) is 6.92 Å². The molecule has 0 fully saturated rings. The fourth-order valence-electron chi connectivity index (χ4n) is 1.93. The molecular formula is C15H19N3O5S. The van der Waals surface area contributed by atoms with Crippen molar-refractivity contribution in [3.05, 3.63) is 30.1 Å². The maximum atomic E-state index is 11.9. The van der Waals surface area contributed by atoms with Crippen molar-refractivity contribution in [3.8, 4) is 11.4 Å². The molecule has 2 aromatic rings. The van der Waals surface area contributed by atoms with E-state index in [0.29, 0.717) is 16.5 Å². The van der Waals surface area contributed by atoms with Crippen LogP contribution in [0.2, 0.25) is 0 Å². The van der Waals surface area contributed by atoms with Gasteiger partial charge in [-0.2, -0.15) is 5.10 Å². The Morgan fingerprint density at radius 3 is 2.79 bits per heavy atom. The predicted molar refractivity (Wildman–Crippen MR) is 86.7 cm³/mol. The molecule has 1 heterocycles. The van der Waals surface area contributed by atoms with E-state index < -0.39 is 5.60 Å². The summed E-state index contributed by atoms with van der Waals surface area (Å²) >= 11 is 0.849. The molecule has 0 saturated heterocycles. The fourth-order valence-corrected chi connectivity index (χ4v) is 2.35. The highest BCUT2D eigenvalue weighted by Gasteiger charge is 2.18. The number of hydrogen-bond donors (Lipinski definition) is 1. The Morgan fingerprint density at radius 2 is 2.12 bits per heavy atom. The van der Waals surface area contributed by atoms with E-state index in [0.717, 1.165) is 17.6 Å². The fraction of sp³-hybridized carbons (Fsp3) is 0.400. The van der Waals surface area contributed by atoms with Crippen LogP contribution in [0.1, 0.15) is 26.6 Å². The van der Waals surface area contributed by atoms with Crippen LogP contribution in [0.5, 0.6) is 0 Å². The van der Waals surface area contributed by atoms with Crippen LogP contribution in [0.25, 0.3) is 11.4 Å². The number of rotatable bonds is 6. The van der Waals surface area contributed by atoms with Crippen LogP contribution < -0.4 is 0 Å². The summed E-state index contributed by atoms with van der Waals surface area (Å²) in [4.78, 5) is 17.0. The van der Waals surface area contributed by atoms with E-state index in [1.165, 1.54) is 4.68 Å². The van der Waals surface area contributed by atoms with Crippen LogP contribution in [-0.2, 0) is 25.4 Å². The molecule has 0 spiro atoms. The number of benzene rings is 1. The van der Waals surface area contributed by atoms with E-state index in [2.05, 4.69) is 19.5 Å². The van der Waals surface area contributed by atoms with E-state index in [4.69, 9.17) is 9.99 Å². The first-order valence-electron chi connectivity index (χ1n) is 7.17. The van der Waals surface area contributed by atoms with Gasteiger partial charge >= 0.3 is 5.97 Å². The Labute approximate surface area is 143 Å². The average molecular weight is 353 g/mol. The first kappa shape index (κ1) is 18.4. The second-order valence-electron chi connectivity index (χ2n) is 5.98. The summed E-state index contributed by atoms with van der Waals surface area (Å²) in [6.45, 7) is 7.19. The van der Waals surface area contributed by atoms with Crippen LogP contribution >= 0.6 is 12.0 Å². The number of aromatic nitrogens is 3. The van der Waals surface area contributed by atoms with Gasteiger partial charge in [0.2, 0.25) is 0 Å². The van der Waals surface area contributed by atoms with Gasteiger partial charge in [-0.25, -0.2) is 14.9 Å². The van der Waals surface area contributed by atoms with Crippen molar-refractivity contribution in [2.24, 2.45) is 0 Å². The molecule has 0 saturated carbocycles. The highest BCUT2D eigenvalue weighted by molar-refractivity contribution is 7.94. The van der Waals surface area contributed by atoms with Gasteiger partial charge in [0.25, 0.3) is 0 Å². The summed E-state index contributed by atoms with van der Waals surface area (Å²) in [6.07, 6.45) is 0. The Morgan fingerprint density at radius 1 is 1.38 bits per heavy atom. The first-order valence-corrected chi connectivity index (χ1v) is 7.91. The third-order valence-corrected chi connectivity index (χ3v) is 3.38. The Kier molecular flexibility index (Phi) is 5.94. The zero-order valence-corrected chi connectivity index (χ0v) is 14.7. The van der Waals surface area contributed by atoms with Gasteiger partial charge in [-0.05, 0) is 39.8 Å². The maximum Gasteiger partial charge on any atom is 0.328 e. The highest BCUT2D eigenvalue weighted by atomic mass is 32.2. The topological polar surface area (TPSA) is 95.7 Å². The molecule has 0 bridgehead atoms. The maximum absolute atomic E-state index is 11.9. The van der Waals surface area contributed by atoms with Crippen LogP contribution in [-0.4, -0.2) is 31.6 Å². The van der Waals surface area contributed by atoms with Gasteiger partial charge in [0.05, 0.1) is 12.0 Å². The van der Waals surface area contributed by atoms with E-state index in [-0.39, 0.29) is 12.5 Å². The van der Waals surface area contributed by atoms with E-state index in [1.54, 1.807) is 25.1 Å². The van der Waals surface area contributed by atoms with Crippen LogP contribution in [0.15, 0.2) is 29.2 Å².